The second kappa shape index (κ2) is 8.69. The third-order valence-electron chi connectivity index (χ3n) is 5.04. The summed E-state index contributed by atoms with van der Waals surface area (Å²) in [5, 5.41) is 0.517. The Labute approximate surface area is 173 Å². The third-order valence-corrected chi connectivity index (χ3v) is 6.14. The maximum absolute atomic E-state index is 13.5. The topological polar surface area (TPSA) is 78.3 Å². The maximum Gasteiger partial charge on any atom is 0.308 e. The van der Waals surface area contributed by atoms with Gasteiger partial charge < -0.3 is 4.74 Å². The third kappa shape index (κ3) is 4.00. The van der Waals surface area contributed by atoms with Crippen molar-refractivity contribution in [3.8, 4) is 0 Å². The van der Waals surface area contributed by atoms with Gasteiger partial charge in [0.15, 0.2) is 5.78 Å². The van der Waals surface area contributed by atoms with Crippen molar-refractivity contribution in [3.63, 3.8) is 0 Å². The largest absolute Gasteiger partial charge is 0.469 e. The highest BCUT2D eigenvalue weighted by Gasteiger charge is 2.30. The Balaban J connectivity index is 2.28. The molecule has 0 spiro atoms. The zero-order chi connectivity index (χ0) is 21.1. The summed E-state index contributed by atoms with van der Waals surface area (Å²) in [6.45, 7) is 5.82. The fourth-order valence-corrected chi connectivity index (χ4v) is 4.45. The van der Waals surface area contributed by atoms with Gasteiger partial charge in [0, 0.05) is 16.9 Å². The zero-order valence-corrected chi connectivity index (χ0v) is 17.8. The number of methoxy groups -OCH3 is 1. The minimum absolute atomic E-state index is 0.226. The number of hydrogen-bond acceptors (Lipinski definition) is 6. The Hall–Kier alpha value is -2.80. The van der Waals surface area contributed by atoms with Crippen LogP contribution in [0.2, 0.25) is 0 Å². The molecule has 0 amide bonds. The Kier molecular flexibility index (Phi) is 6.27. The number of Topliss-reactive ketones (excluding diaryl/α,β-unsaturated/α-hetero) is 1. The number of aryl methyl sites for hydroxylation is 3. The molecule has 0 aliphatic heterocycles. The van der Waals surface area contributed by atoms with E-state index in [9.17, 15) is 14.4 Å². The van der Waals surface area contributed by atoms with Crippen molar-refractivity contribution in [1.29, 1.82) is 0 Å². The summed E-state index contributed by atoms with van der Waals surface area (Å²) < 4.78 is 6.23. The van der Waals surface area contributed by atoms with Crippen molar-refractivity contribution < 1.29 is 14.3 Å². The van der Waals surface area contributed by atoms with E-state index in [1.165, 1.54) is 23.0 Å². The lowest BCUT2D eigenvalue weighted by molar-refractivity contribution is -0.141. The lowest BCUT2D eigenvalue weighted by atomic mass is 10.0. The van der Waals surface area contributed by atoms with Crippen LogP contribution in [0.25, 0.3) is 10.2 Å². The van der Waals surface area contributed by atoms with E-state index in [2.05, 4.69) is 0 Å². The number of aromatic nitrogens is 2. The van der Waals surface area contributed by atoms with Crippen LogP contribution >= 0.6 is 11.3 Å². The number of esters is 1. The minimum Gasteiger partial charge on any atom is -0.469 e. The molecule has 2 aromatic heterocycles. The zero-order valence-electron chi connectivity index (χ0n) is 17.0. The summed E-state index contributed by atoms with van der Waals surface area (Å²) in [6, 6.07) is 7.69. The van der Waals surface area contributed by atoms with E-state index >= 15 is 0 Å². The number of fused-ring (bicyclic) bond motifs is 1. The van der Waals surface area contributed by atoms with Gasteiger partial charge in [-0.05, 0) is 25.8 Å². The van der Waals surface area contributed by atoms with Crippen molar-refractivity contribution in [2.45, 2.75) is 46.1 Å². The molecule has 0 aliphatic rings. The molecule has 0 saturated heterocycles. The summed E-state index contributed by atoms with van der Waals surface area (Å²) in [7, 11) is 1.27. The highest BCUT2D eigenvalue weighted by Crippen LogP contribution is 2.28. The van der Waals surface area contributed by atoms with Crippen molar-refractivity contribution >= 4 is 33.3 Å². The van der Waals surface area contributed by atoms with E-state index in [4.69, 9.17) is 9.72 Å². The van der Waals surface area contributed by atoms with Gasteiger partial charge in [-0.1, -0.05) is 37.3 Å². The highest BCUT2D eigenvalue weighted by atomic mass is 32.1. The second-order valence-corrected chi connectivity index (χ2v) is 8.15. The number of carbonyl (C=O) groups is 2. The molecule has 0 aliphatic carbocycles. The van der Waals surface area contributed by atoms with E-state index in [0.29, 0.717) is 28.0 Å². The summed E-state index contributed by atoms with van der Waals surface area (Å²) >= 11 is 1.48. The quantitative estimate of drug-likeness (QED) is 0.433. The molecule has 0 saturated carbocycles. The molecule has 1 atom stereocenters. The van der Waals surface area contributed by atoms with Gasteiger partial charge in [-0.3, -0.25) is 19.0 Å². The van der Waals surface area contributed by atoms with Crippen LogP contribution in [0, 0.1) is 13.8 Å². The molecule has 29 heavy (non-hydrogen) atoms. The standard InChI is InChI=1S/C22H24N2O4S/c1-5-9-17-23-21-19(13(2)14(3)29-21)22(27)24(17)16(12-18(25)28-4)20(26)15-10-7-6-8-11-15/h6-8,10-11,16H,5,9,12H2,1-4H3. The van der Waals surface area contributed by atoms with Gasteiger partial charge in [0.2, 0.25) is 0 Å². The monoisotopic (exact) mass is 412 g/mol. The smallest absolute Gasteiger partial charge is 0.308 e. The van der Waals surface area contributed by atoms with E-state index < -0.39 is 12.0 Å². The van der Waals surface area contributed by atoms with Crippen LogP contribution in [0.5, 0.6) is 0 Å². The van der Waals surface area contributed by atoms with Gasteiger partial charge in [-0.2, -0.15) is 0 Å². The van der Waals surface area contributed by atoms with Crippen LogP contribution in [-0.2, 0) is 16.0 Å². The summed E-state index contributed by atoms with van der Waals surface area (Å²) in [6.07, 6.45) is 1.06. The van der Waals surface area contributed by atoms with Gasteiger partial charge in [0.1, 0.15) is 16.7 Å². The Morgan fingerprint density at radius 1 is 1.21 bits per heavy atom. The molecule has 1 unspecified atom stereocenters. The fraction of sp³-hybridized carbons (Fsp3) is 0.364. The van der Waals surface area contributed by atoms with Crippen LogP contribution in [0.15, 0.2) is 35.1 Å². The summed E-state index contributed by atoms with van der Waals surface area (Å²) in [5.74, 6) is -0.336. The fourth-order valence-electron chi connectivity index (χ4n) is 3.41. The first-order valence-corrected chi connectivity index (χ1v) is 10.4. The van der Waals surface area contributed by atoms with Gasteiger partial charge in [0.25, 0.3) is 5.56 Å². The number of hydrogen-bond donors (Lipinski definition) is 0. The molecule has 0 radical (unpaired) electrons. The Morgan fingerprint density at radius 3 is 2.52 bits per heavy atom. The number of rotatable bonds is 7. The van der Waals surface area contributed by atoms with Gasteiger partial charge in [-0.15, -0.1) is 11.3 Å². The lowest BCUT2D eigenvalue weighted by Gasteiger charge is -2.21. The van der Waals surface area contributed by atoms with Crippen LogP contribution in [-0.4, -0.2) is 28.4 Å². The van der Waals surface area contributed by atoms with Crippen LogP contribution in [0.3, 0.4) is 0 Å². The van der Waals surface area contributed by atoms with Crippen LogP contribution in [0.1, 0.15) is 52.4 Å². The first-order chi connectivity index (χ1) is 13.9. The number of ether oxygens (including phenoxy) is 1. The average molecular weight is 413 g/mol. The van der Waals surface area contributed by atoms with Gasteiger partial charge in [-0.25, -0.2) is 4.98 Å². The molecule has 0 bridgehead atoms. The molecule has 152 valence electrons. The second-order valence-electron chi connectivity index (χ2n) is 6.94. The van der Waals surface area contributed by atoms with E-state index in [0.717, 1.165) is 16.9 Å². The normalized spacial score (nSPS) is 12.1. The molecule has 2 heterocycles. The minimum atomic E-state index is -1.00. The number of benzene rings is 1. The first-order valence-electron chi connectivity index (χ1n) is 9.56. The number of carbonyl (C=O) groups excluding carboxylic acids is 2. The Morgan fingerprint density at radius 2 is 1.90 bits per heavy atom. The number of thiophene rings is 1. The summed E-state index contributed by atoms with van der Waals surface area (Å²) in [5.41, 5.74) is 1.02. The maximum atomic E-state index is 13.5. The number of ketones is 1. The molecular formula is C22H24N2O4S. The Bertz CT molecular complexity index is 1120. The van der Waals surface area contributed by atoms with Crippen LogP contribution in [0.4, 0.5) is 0 Å². The van der Waals surface area contributed by atoms with Gasteiger partial charge in [0.05, 0.1) is 18.9 Å². The van der Waals surface area contributed by atoms with E-state index in [1.807, 2.05) is 26.8 Å². The molecule has 7 heteroatoms. The molecule has 0 fully saturated rings. The van der Waals surface area contributed by atoms with E-state index in [1.54, 1.807) is 24.3 Å². The lowest BCUT2D eigenvalue weighted by Crippen LogP contribution is -2.35. The SMILES string of the molecule is CCCc1nc2sc(C)c(C)c2c(=O)n1C(CC(=O)OC)C(=O)c1ccccc1. The predicted octanol–water partition coefficient (Wildman–Crippen LogP) is 4.01. The number of nitrogens with zero attached hydrogens (tertiary/aromatic N) is 2. The molecule has 0 N–H and O–H groups in total. The molecule has 1 aromatic carbocycles. The molecule has 6 nitrogen and oxygen atoms in total. The van der Waals surface area contributed by atoms with Gasteiger partial charge >= 0.3 is 5.97 Å². The first kappa shape index (κ1) is 20.9. The highest BCUT2D eigenvalue weighted by molar-refractivity contribution is 7.18. The van der Waals surface area contributed by atoms with Crippen molar-refractivity contribution in [3.05, 3.63) is 62.5 Å². The van der Waals surface area contributed by atoms with Crippen molar-refractivity contribution in [2.24, 2.45) is 0 Å². The molecular weight excluding hydrogens is 388 g/mol. The van der Waals surface area contributed by atoms with E-state index in [-0.39, 0.29) is 17.8 Å². The van der Waals surface area contributed by atoms with Crippen molar-refractivity contribution in [2.75, 3.05) is 7.11 Å². The van der Waals surface area contributed by atoms with Crippen molar-refractivity contribution in [1.82, 2.24) is 9.55 Å². The molecule has 3 aromatic rings. The predicted molar refractivity (Wildman–Crippen MR) is 114 cm³/mol. The average Bonchev–Trinajstić information content (AvgIpc) is 3.01. The molecule has 3 rings (SSSR count). The summed E-state index contributed by atoms with van der Waals surface area (Å²) in [4.78, 5) is 45.4. The van der Waals surface area contributed by atoms with Crippen LogP contribution < -0.4 is 5.56 Å².